The summed E-state index contributed by atoms with van der Waals surface area (Å²) in [6, 6.07) is 9.08. The van der Waals surface area contributed by atoms with Crippen molar-refractivity contribution in [2.75, 3.05) is 20.2 Å². The molecular weight excluding hydrogens is 248 g/mol. The summed E-state index contributed by atoms with van der Waals surface area (Å²) in [7, 11) is 1.75. The Labute approximate surface area is 123 Å². The van der Waals surface area contributed by atoms with Gasteiger partial charge in [-0.2, -0.15) is 0 Å². The lowest BCUT2D eigenvalue weighted by Crippen LogP contribution is -2.37. The van der Waals surface area contributed by atoms with Gasteiger partial charge >= 0.3 is 0 Å². The highest BCUT2D eigenvalue weighted by Crippen LogP contribution is 2.26. The number of hydrogen-bond donors (Lipinski definition) is 1. The maximum Gasteiger partial charge on any atom is 0.123 e. The second-order valence-corrected chi connectivity index (χ2v) is 5.72. The van der Waals surface area contributed by atoms with Gasteiger partial charge < -0.3 is 10.5 Å². The molecule has 1 saturated carbocycles. The Morgan fingerprint density at radius 2 is 1.95 bits per heavy atom. The van der Waals surface area contributed by atoms with E-state index < -0.39 is 0 Å². The highest BCUT2D eigenvalue weighted by atomic mass is 16.5. The third kappa shape index (κ3) is 4.22. The Kier molecular flexibility index (Phi) is 6.34. The molecule has 3 nitrogen and oxygen atoms in total. The Hall–Kier alpha value is -1.06. The minimum absolute atomic E-state index is 0.722. The van der Waals surface area contributed by atoms with Crippen LogP contribution >= 0.6 is 0 Å². The maximum atomic E-state index is 5.70. The van der Waals surface area contributed by atoms with Crippen molar-refractivity contribution in [3.05, 3.63) is 29.8 Å². The normalized spacial score (nSPS) is 16.6. The molecule has 112 valence electrons. The fraction of sp³-hybridized carbons (Fsp3) is 0.647. The van der Waals surface area contributed by atoms with E-state index in [0.29, 0.717) is 0 Å². The van der Waals surface area contributed by atoms with Gasteiger partial charge in [-0.1, -0.05) is 37.5 Å². The molecule has 1 fully saturated rings. The molecular formula is C17H28N2O. The first kappa shape index (κ1) is 15.3. The van der Waals surface area contributed by atoms with Gasteiger partial charge in [-0.3, -0.25) is 4.90 Å². The van der Waals surface area contributed by atoms with Gasteiger partial charge in [-0.05, 0) is 38.4 Å². The van der Waals surface area contributed by atoms with Crippen LogP contribution in [0.1, 0.15) is 44.1 Å². The zero-order valence-corrected chi connectivity index (χ0v) is 12.7. The molecule has 0 heterocycles. The van der Waals surface area contributed by atoms with Crippen LogP contribution in [0.2, 0.25) is 0 Å². The fourth-order valence-corrected chi connectivity index (χ4v) is 3.18. The predicted octanol–water partition coefficient (Wildman–Crippen LogP) is 3.18. The Balaban J connectivity index is 2.05. The number of ether oxygens (including phenoxy) is 1. The molecule has 0 unspecified atom stereocenters. The second kappa shape index (κ2) is 8.28. The molecule has 1 aromatic rings. The van der Waals surface area contributed by atoms with Gasteiger partial charge in [0.15, 0.2) is 0 Å². The summed E-state index contributed by atoms with van der Waals surface area (Å²) >= 11 is 0. The fourth-order valence-electron chi connectivity index (χ4n) is 3.18. The average molecular weight is 276 g/mol. The van der Waals surface area contributed by atoms with Crippen LogP contribution in [0, 0.1) is 0 Å². The van der Waals surface area contributed by atoms with Gasteiger partial charge in [0.25, 0.3) is 0 Å². The van der Waals surface area contributed by atoms with Crippen LogP contribution in [0.3, 0.4) is 0 Å². The third-order valence-electron chi connectivity index (χ3n) is 4.31. The zero-order valence-electron chi connectivity index (χ0n) is 12.7. The molecule has 2 N–H and O–H groups in total. The number of nitrogens with two attached hydrogens (primary N) is 1. The van der Waals surface area contributed by atoms with E-state index in [4.69, 9.17) is 10.5 Å². The quantitative estimate of drug-likeness (QED) is 0.831. The average Bonchev–Trinajstić information content (AvgIpc) is 2.52. The van der Waals surface area contributed by atoms with Gasteiger partial charge in [0.05, 0.1) is 7.11 Å². The smallest absolute Gasteiger partial charge is 0.123 e. The van der Waals surface area contributed by atoms with E-state index in [1.54, 1.807) is 7.11 Å². The lowest BCUT2D eigenvalue weighted by molar-refractivity contribution is 0.146. The molecule has 0 aliphatic heterocycles. The van der Waals surface area contributed by atoms with Crippen molar-refractivity contribution in [1.29, 1.82) is 0 Å². The van der Waals surface area contributed by atoms with Crippen molar-refractivity contribution in [1.82, 2.24) is 4.90 Å². The van der Waals surface area contributed by atoms with Crippen LogP contribution in [-0.4, -0.2) is 31.1 Å². The highest BCUT2D eigenvalue weighted by molar-refractivity contribution is 5.33. The first-order valence-corrected chi connectivity index (χ1v) is 7.91. The Morgan fingerprint density at radius 1 is 1.20 bits per heavy atom. The molecule has 1 aromatic carbocycles. The summed E-state index contributed by atoms with van der Waals surface area (Å²) in [4.78, 5) is 2.61. The largest absolute Gasteiger partial charge is 0.496 e. The molecule has 0 aromatic heterocycles. The van der Waals surface area contributed by atoms with Crippen LogP contribution < -0.4 is 10.5 Å². The first-order chi connectivity index (χ1) is 9.85. The van der Waals surface area contributed by atoms with Crippen LogP contribution in [0.25, 0.3) is 0 Å². The van der Waals surface area contributed by atoms with Crippen molar-refractivity contribution < 1.29 is 4.74 Å². The standard InChI is InChI=1S/C17H28N2O/c1-20-17-11-6-5-8-15(17)14-19(13-7-12-18)16-9-3-2-4-10-16/h5-6,8,11,16H,2-4,7,9-10,12-14,18H2,1H3. The molecule has 0 spiro atoms. The topological polar surface area (TPSA) is 38.5 Å². The van der Waals surface area contributed by atoms with E-state index in [1.807, 2.05) is 6.07 Å². The summed E-state index contributed by atoms with van der Waals surface area (Å²) < 4.78 is 5.49. The van der Waals surface area contributed by atoms with Crippen LogP contribution in [0.4, 0.5) is 0 Å². The van der Waals surface area contributed by atoms with Crippen molar-refractivity contribution >= 4 is 0 Å². The van der Waals surface area contributed by atoms with E-state index in [-0.39, 0.29) is 0 Å². The maximum absolute atomic E-state index is 5.70. The molecule has 0 radical (unpaired) electrons. The van der Waals surface area contributed by atoms with E-state index >= 15 is 0 Å². The molecule has 1 aliphatic rings. The van der Waals surface area contributed by atoms with Crippen LogP contribution in [-0.2, 0) is 6.54 Å². The van der Waals surface area contributed by atoms with Crippen molar-refractivity contribution in [3.8, 4) is 5.75 Å². The molecule has 1 aliphatic carbocycles. The molecule has 2 rings (SSSR count). The van der Waals surface area contributed by atoms with E-state index in [9.17, 15) is 0 Å². The number of methoxy groups -OCH3 is 1. The summed E-state index contributed by atoms with van der Waals surface area (Å²) in [6.07, 6.45) is 7.88. The Bertz CT molecular complexity index is 388. The summed E-state index contributed by atoms with van der Waals surface area (Å²) in [5.74, 6) is 1.00. The van der Waals surface area contributed by atoms with Crippen molar-refractivity contribution in [2.24, 2.45) is 5.73 Å². The van der Waals surface area contributed by atoms with E-state index in [2.05, 4.69) is 23.1 Å². The van der Waals surface area contributed by atoms with Crippen LogP contribution in [0.15, 0.2) is 24.3 Å². The minimum Gasteiger partial charge on any atom is -0.496 e. The summed E-state index contributed by atoms with van der Waals surface area (Å²) in [5.41, 5.74) is 6.99. The zero-order chi connectivity index (χ0) is 14.2. The molecule has 0 saturated heterocycles. The van der Waals surface area contributed by atoms with E-state index in [1.165, 1.54) is 37.7 Å². The number of benzene rings is 1. The molecule has 0 atom stereocenters. The number of rotatable bonds is 7. The lowest BCUT2D eigenvalue weighted by Gasteiger charge is -2.34. The monoisotopic (exact) mass is 276 g/mol. The molecule has 20 heavy (non-hydrogen) atoms. The van der Waals surface area contributed by atoms with Gasteiger partial charge in [-0.15, -0.1) is 0 Å². The summed E-state index contributed by atoms with van der Waals surface area (Å²) in [5, 5.41) is 0. The Morgan fingerprint density at radius 3 is 2.65 bits per heavy atom. The lowest BCUT2D eigenvalue weighted by atomic mass is 9.93. The molecule has 0 amide bonds. The van der Waals surface area contributed by atoms with Gasteiger partial charge in [0, 0.05) is 18.2 Å². The minimum atomic E-state index is 0.722. The third-order valence-corrected chi connectivity index (χ3v) is 4.31. The predicted molar refractivity (Wildman–Crippen MR) is 83.9 cm³/mol. The second-order valence-electron chi connectivity index (χ2n) is 5.72. The SMILES string of the molecule is COc1ccccc1CN(CCCN)C1CCCCC1. The van der Waals surface area contributed by atoms with Gasteiger partial charge in [0.1, 0.15) is 5.75 Å². The van der Waals surface area contributed by atoms with Crippen LogP contribution in [0.5, 0.6) is 5.75 Å². The van der Waals surface area contributed by atoms with Gasteiger partial charge in [-0.25, -0.2) is 0 Å². The number of hydrogen-bond acceptors (Lipinski definition) is 3. The molecule has 0 bridgehead atoms. The van der Waals surface area contributed by atoms with Crippen molar-refractivity contribution in [2.45, 2.75) is 51.1 Å². The highest BCUT2D eigenvalue weighted by Gasteiger charge is 2.21. The molecule has 3 heteroatoms. The summed E-state index contributed by atoms with van der Waals surface area (Å²) in [6.45, 7) is 2.85. The number of nitrogens with zero attached hydrogens (tertiary/aromatic N) is 1. The van der Waals surface area contributed by atoms with Crippen molar-refractivity contribution in [3.63, 3.8) is 0 Å². The first-order valence-electron chi connectivity index (χ1n) is 7.91. The van der Waals surface area contributed by atoms with E-state index in [0.717, 1.165) is 37.8 Å². The van der Waals surface area contributed by atoms with Gasteiger partial charge in [0.2, 0.25) is 0 Å². The number of para-hydroxylation sites is 1.